The Bertz CT molecular complexity index is 518. The number of ether oxygens (including phenoxy) is 1. The minimum Gasteiger partial charge on any atom is -0.457 e. The first-order valence-corrected chi connectivity index (χ1v) is 6.51. The Morgan fingerprint density at radius 1 is 1.47 bits per heavy atom. The second-order valence-corrected chi connectivity index (χ2v) is 5.85. The van der Waals surface area contributed by atoms with Crippen molar-refractivity contribution >= 4 is 5.97 Å². The van der Waals surface area contributed by atoms with Crippen LogP contribution in [0.3, 0.4) is 0 Å². The molecule has 2 N–H and O–H groups in total. The van der Waals surface area contributed by atoms with E-state index >= 15 is 0 Å². The molecule has 3 rings (SSSR count). The summed E-state index contributed by atoms with van der Waals surface area (Å²) in [6.07, 6.45) is 1.36. The fourth-order valence-corrected chi connectivity index (χ4v) is 3.73. The molecule has 4 nitrogen and oxygen atoms in total. The lowest BCUT2D eigenvalue weighted by Crippen LogP contribution is -2.43. The zero-order valence-electron chi connectivity index (χ0n) is 10.9. The summed E-state index contributed by atoms with van der Waals surface area (Å²) in [5, 5.41) is 21.2. The first kappa shape index (κ1) is 12.6. The molecular weight excluding hydrogens is 244 g/mol. The molecule has 1 saturated heterocycles. The Morgan fingerprint density at radius 3 is 2.84 bits per heavy atom. The third-order valence-electron chi connectivity index (χ3n) is 4.81. The van der Waals surface area contributed by atoms with Crippen molar-refractivity contribution in [3.8, 4) is 0 Å². The highest BCUT2D eigenvalue weighted by atomic mass is 16.6. The maximum atomic E-state index is 11.7. The third kappa shape index (κ3) is 1.50. The molecule has 0 aromatic carbocycles. The highest BCUT2D eigenvalue weighted by molar-refractivity contribution is 5.91. The first-order chi connectivity index (χ1) is 8.86. The number of carbonyl (C=O) groups excluding carboxylic acids is 1. The van der Waals surface area contributed by atoms with Crippen LogP contribution in [0.1, 0.15) is 19.8 Å². The van der Waals surface area contributed by atoms with Crippen molar-refractivity contribution in [2.24, 2.45) is 11.8 Å². The molecule has 19 heavy (non-hydrogen) atoms. The fourth-order valence-electron chi connectivity index (χ4n) is 3.73. The van der Waals surface area contributed by atoms with Crippen molar-refractivity contribution in [2.75, 3.05) is 0 Å². The lowest BCUT2D eigenvalue weighted by Gasteiger charge is -2.34. The van der Waals surface area contributed by atoms with E-state index in [4.69, 9.17) is 4.74 Å². The van der Waals surface area contributed by atoms with E-state index in [1.54, 1.807) is 0 Å². The number of esters is 1. The minimum atomic E-state index is -1.12. The molecule has 102 valence electrons. The van der Waals surface area contributed by atoms with Crippen LogP contribution in [0.2, 0.25) is 0 Å². The molecule has 0 aromatic rings. The average Bonchev–Trinajstić information content (AvgIpc) is 2.76. The normalized spacial score (nSPS) is 45.4. The van der Waals surface area contributed by atoms with Crippen LogP contribution in [0.5, 0.6) is 0 Å². The molecule has 5 atom stereocenters. The number of rotatable bonds is 0. The quantitative estimate of drug-likeness (QED) is 0.390. The Kier molecular flexibility index (Phi) is 2.53. The average molecular weight is 262 g/mol. The smallest absolute Gasteiger partial charge is 0.334 e. The standard InChI is InChI=1S/C15H18O4/c1-7-4-5-15(18)8(2)6-10(16)11-9(3)14(17)19-13(11)12(7)15/h4,10-13,16,18H,2-3,5-6H2,1H3/t10-,11+,12+,13+,15+/m0/s1. The second kappa shape index (κ2) is 3.81. The molecule has 2 fully saturated rings. The van der Waals surface area contributed by atoms with Gasteiger partial charge in [0, 0.05) is 5.57 Å². The van der Waals surface area contributed by atoms with E-state index in [2.05, 4.69) is 13.2 Å². The lowest BCUT2D eigenvalue weighted by atomic mass is 9.77. The molecule has 1 heterocycles. The van der Waals surface area contributed by atoms with E-state index in [1.165, 1.54) is 0 Å². The fraction of sp³-hybridized carbons (Fsp3) is 0.533. The van der Waals surface area contributed by atoms with Gasteiger partial charge in [0.05, 0.1) is 23.5 Å². The first-order valence-electron chi connectivity index (χ1n) is 6.51. The van der Waals surface area contributed by atoms with Gasteiger partial charge < -0.3 is 14.9 Å². The van der Waals surface area contributed by atoms with Gasteiger partial charge in [0.2, 0.25) is 0 Å². The molecule has 0 spiro atoms. The zero-order chi connectivity index (χ0) is 13.9. The van der Waals surface area contributed by atoms with E-state index in [9.17, 15) is 15.0 Å². The van der Waals surface area contributed by atoms with E-state index in [0.717, 1.165) is 5.57 Å². The predicted molar refractivity (Wildman–Crippen MR) is 69.1 cm³/mol. The highest BCUT2D eigenvalue weighted by Crippen LogP contribution is 2.52. The van der Waals surface area contributed by atoms with Crippen molar-refractivity contribution < 1.29 is 19.7 Å². The van der Waals surface area contributed by atoms with Gasteiger partial charge in [-0.15, -0.1) is 0 Å². The summed E-state index contributed by atoms with van der Waals surface area (Å²) in [5.74, 6) is -1.25. The second-order valence-electron chi connectivity index (χ2n) is 5.85. The van der Waals surface area contributed by atoms with Gasteiger partial charge in [0.25, 0.3) is 0 Å². The van der Waals surface area contributed by atoms with Crippen molar-refractivity contribution in [2.45, 2.75) is 37.6 Å². The van der Waals surface area contributed by atoms with Crippen LogP contribution in [-0.2, 0) is 9.53 Å². The van der Waals surface area contributed by atoms with Crippen molar-refractivity contribution in [3.63, 3.8) is 0 Å². The van der Waals surface area contributed by atoms with Gasteiger partial charge in [-0.2, -0.15) is 0 Å². The van der Waals surface area contributed by atoms with Crippen LogP contribution < -0.4 is 0 Å². The summed E-state index contributed by atoms with van der Waals surface area (Å²) < 4.78 is 5.39. The molecule has 4 heteroatoms. The number of hydrogen-bond acceptors (Lipinski definition) is 4. The monoisotopic (exact) mass is 262 g/mol. The van der Waals surface area contributed by atoms with Gasteiger partial charge in [-0.3, -0.25) is 0 Å². The number of fused-ring (bicyclic) bond motifs is 3. The molecule has 0 unspecified atom stereocenters. The Balaban J connectivity index is 2.11. The van der Waals surface area contributed by atoms with Crippen molar-refractivity contribution in [1.29, 1.82) is 0 Å². The maximum absolute atomic E-state index is 11.7. The maximum Gasteiger partial charge on any atom is 0.334 e. The molecule has 0 radical (unpaired) electrons. The third-order valence-corrected chi connectivity index (χ3v) is 4.81. The lowest BCUT2D eigenvalue weighted by molar-refractivity contribution is -0.143. The number of aliphatic hydroxyl groups excluding tert-OH is 1. The zero-order valence-corrected chi connectivity index (χ0v) is 10.9. The summed E-state index contributed by atoms with van der Waals surface area (Å²) in [4.78, 5) is 11.7. The summed E-state index contributed by atoms with van der Waals surface area (Å²) in [6.45, 7) is 9.58. The molecule has 0 aromatic heterocycles. The van der Waals surface area contributed by atoms with Crippen LogP contribution in [0.25, 0.3) is 0 Å². The molecule has 1 saturated carbocycles. The SMILES string of the molecule is C=C1C(=O)O[C@@H]2[C@H]1[C@@H](O)CC(=C)[C@]1(O)CC=C(C)[C@H]21. The largest absolute Gasteiger partial charge is 0.457 e. The van der Waals surface area contributed by atoms with Gasteiger partial charge >= 0.3 is 5.97 Å². The van der Waals surface area contributed by atoms with Gasteiger partial charge in [0.1, 0.15) is 6.10 Å². The van der Waals surface area contributed by atoms with E-state index in [0.29, 0.717) is 17.6 Å². The molecule has 2 aliphatic carbocycles. The molecular formula is C15H18O4. The topological polar surface area (TPSA) is 66.8 Å². The Morgan fingerprint density at radius 2 is 2.16 bits per heavy atom. The van der Waals surface area contributed by atoms with E-state index < -0.39 is 29.7 Å². The van der Waals surface area contributed by atoms with Gasteiger partial charge in [-0.1, -0.05) is 24.8 Å². The number of aliphatic hydroxyl groups is 2. The highest BCUT2D eigenvalue weighted by Gasteiger charge is 2.58. The van der Waals surface area contributed by atoms with Crippen LogP contribution in [0.15, 0.2) is 36.0 Å². The molecule has 1 aliphatic heterocycles. The van der Waals surface area contributed by atoms with Crippen LogP contribution in [0, 0.1) is 11.8 Å². The molecule has 3 aliphatic rings. The van der Waals surface area contributed by atoms with Gasteiger partial charge in [0.15, 0.2) is 0 Å². The van der Waals surface area contributed by atoms with Crippen LogP contribution in [-0.4, -0.2) is 34.0 Å². The van der Waals surface area contributed by atoms with Gasteiger partial charge in [-0.25, -0.2) is 4.79 Å². The van der Waals surface area contributed by atoms with Crippen molar-refractivity contribution in [1.82, 2.24) is 0 Å². The van der Waals surface area contributed by atoms with Crippen molar-refractivity contribution in [3.05, 3.63) is 36.0 Å². The summed E-state index contributed by atoms with van der Waals surface area (Å²) in [5.41, 5.74) is 0.774. The minimum absolute atomic E-state index is 0.269. The number of hydrogen-bond donors (Lipinski definition) is 2. The number of carbonyl (C=O) groups is 1. The summed E-state index contributed by atoms with van der Waals surface area (Å²) in [7, 11) is 0. The summed E-state index contributed by atoms with van der Waals surface area (Å²) in [6, 6.07) is 0. The molecule has 0 amide bonds. The Labute approximate surface area is 112 Å². The van der Waals surface area contributed by atoms with Crippen LogP contribution in [0.4, 0.5) is 0 Å². The van der Waals surface area contributed by atoms with E-state index in [-0.39, 0.29) is 12.3 Å². The van der Waals surface area contributed by atoms with E-state index in [1.807, 2.05) is 13.0 Å². The van der Waals surface area contributed by atoms with Crippen LogP contribution >= 0.6 is 0 Å². The van der Waals surface area contributed by atoms with Gasteiger partial charge in [-0.05, 0) is 25.3 Å². The summed E-state index contributed by atoms with van der Waals surface area (Å²) >= 11 is 0. The molecule has 0 bridgehead atoms. The predicted octanol–water partition coefficient (Wildman–Crippen LogP) is 1.10. The Hall–Kier alpha value is -1.39.